The number of halogens is 3. The van der Waals surface area contributed by atoms with E-state index in [1.165, 1.54) is 6.07 Å². The first kappa shape index (κ1) is 13.1. The van der Waals surface area contributed by atoms with Crippen molar-refractivity contribution >= 4 is 29.5 Å². The SMILES string of the molecule is Cc1cc(-c2ccc(Cl)c(C=O)c2)c(Cl)cc1F. The molecule has 92 valence electrons. The van der Waals surface area contributed by atoms with Crippen LogP contribution in [-0.2, 0) is 0 Å². The Hall–Kier alpha value is -1.38. The lowest BCUT2D eigenvalue weighted by Crippen LogP contribution is -1.89. The summed E-state index contributed by atoms with van der Waals surface area (Å²) in [6.07, 6.45) is 0.677. The van der Waals surface area contributed by atoms with Gasteiger partial charge < -0.3 is 0 Å². The maximum Gasteiger partial charge on any atom is 0.151 e. The molecule has 0 aliphatic rings. The molecule has 0 aliphatic carbocycles. The van der Waals surface area contributed by atoms with Crippen LogP contribution in [0.5, 0.6) is 0 Å². The van der Waals surface area contributed by atoms with Crippen molar-refractivity contribution in [3.05, 3.63) is 57.3 Å². The van der Waals surface area contributed by atoms with Crippen molar-refractivity contribution in [2.45, 2.75) is 6.92 Å². The summed E-state index contributed by atoms with van der Waals surface area (Å²) in [6, 6.07) is 7.91. The van der Waals surface area contributed by atoms with Crippen LogP contribution in [-0.4, -0.2) is 6.29 Å². The molecule has 0 aromatic heterocycles. The van der Waals surface area contributed by atoms with Crippen LogP contribution in [0.2, 0.25) is 10.0 Å². The van der Waals surface area contributed by atoms with Crippen LogP contribution in [0.25, 0.3) is 11.1 Å². The molecule has 0 saturated carbocycles. The van der Waals surface area contributed by atoms with Crippen LogP contribution in [0.3, 0.4) is 0 Å². The Labute approximate surface area is 114 Å². The van der Waals surface area contributed by atoms with Gasteiger partial charge in [0, 0.05) is 11.1 Å². The number of hydrogen-bond acceptors (Lipinski definition) is 1. The van der Waals surface area contributed by atoms with E-state index in [1.807, 2.05) is 0 Å². The molecule has 4 heteroatoms. The van der Waals surface area contributed by atoms with E-state index in [9.17, 15) is 9.18 Å². The van der Waals surface area contributed by atoms with E-state index in [2.05, 4.69) is 0 Å². The van der Waals surface area contributed by atoms with Crippen LogP contribution in [0.15, 0.2) is 30.3 Å². The summed E-state index contributed by atoms with van der Waals surface area (Å²) >= 11 is 11.9. The molecule has 1 nitrogen and oxygen atoms in total. The zero-order valence-electron chi connectivity index (χ0n) is 9.51. The third-order valence-electron chi connectivity index (χ3n) is 2.68. The number of carbonyl (C=O) groups excluding carboxylic acids is 1. The van der Waals surface area contributed by atoms with Gasteiger partial charge in [0.15, 0.2) is 6.29 Å². The predicted octanol–water partition coefficient (Wildman–Crippen LogP) is 4.92. The Kier molecular flexibility index (Phi) is 3.69. The average Bonchev–Trinajstić information content (AvgIpc) is 2.35. The van der Waals surface area contributed by atoms with E-state index < -0.39 is 0 Å². The summed E-state index contributed by atoms with van der Waals surface area (Å²) in [4.78, 5) is 10.8. The number of hydrogen-bond donors (Lipinski definition) is 0. The molecule has 0 spiro atoms. The molecule has 0 saturated heterocycles. The van der Waals surface area contributed by atoms with Crippen molar-refractivity contribution in [3.63, 3.8) is 0 Å². The molecule has 0 aliphatic heterocycles. The predicted molar refractivity (Wildman–Crippen MR) is 72.0 cm³/mol. The van der Waals surface area contributed by atoms with Crippen molar-refractivity contribution in [3.8, 4) is 11.1 Å². The first-order chi connectivity index (χ1) is 8.52. The number of aldehydes is 1. The zero-order valence-corrected chi connectivity index (χ0v) is 11.0. The van der Waals surface area contributed by atoms with Crippen LogP contribution >= 0.6 is 23.2 Å². The second kappa shape index (κ2) is 5.09. The van der Waals surface area contributed by atoms with Gasteiger partial charge in [0.2, 0.25) is 0 Å². The van der Waals surface area contributed by atoms with Gasteiger partial charge in [-0.25, -0.2) is 4.39 Å². The highest BCUT2D eigenvalue weighted by Gasteiger charge is 2.09. The quantitative estimate of drug-likeness (QED) is 0.715. The van der Waals surface area contributed by atoms with Gasteiger partial charge in [-0.05, 0) is 42.3 Å². The van der Waals surface area contributed by atoms with E-state index >= 15 is 0 Å². The Morgan fingerprint density at radius 3 is 2.50 bits per heavy atom. The lowest BCUT2D eigenvalue weighted by molar-refractivity contribution is 0.112. The summed E-state index contributed by atoms with van der Waals surface area (Å²) in [5.41, 5.74) is 2.29. The summed E-state index contributed by atoms with van der Waals surface area (Å²) in [5.74, 6) is -0.353. The number of benzene rings is 2. The molecule has 2 aromatic carbocycles. The Bertz CT molecular complexity index is 623. The molecule has 2 rings (SSSR count). The van der Waals surface area contributed by atoms with Crippen molar-refractivity contribution < 1.29 is 9.18 Å². The minimum Gasteiger partial charge on any atom is -0.298 e. The van der Waals surface area contributed by atoms with Gasteiger partial charge in [0.25, 0.3) is 0 Å². The molecular formula is C14H9Cl2FO. The molecule has 0 atom stereocenters. The maximum absolute atomic E-state index is 13.3. The van der Waals surface area contributed by atoms with E-state index in [4.69, 9.17) is 23.2 Å². The molecular weight excluding hydrogens is 274 g/mol. The van der Waals surface area contributed by atoms with E-state index in [1.54, 1.807) is 31.2 Å². The molecule has 0 amide bonds. The fourth-order valence-corrected chi connectivity index (χ4v) is 2.10. The highest BCUT2D eigenvalue weighted by atomic mass is 35.5. The van der Waals surface area contributed by atoms with Gasteiger partial charge in [0.1, 0.15) is 5.82 Å². The standard InChI is InChI=1S/C14H9Cl2FO/c1-8-4-11(13(16)6-14(8)17)9-2-3-12(15)10(5-9)7-18/h2-7H,1H3. The van der Waals surface area contributed by atoms with Gasteiger partial charge in [0.05, 0.1) is 10.0 Å². The van der Waals surface area contributed by atoms with Gasteiger partial charge in [-0.2, -0.15) is 0 Å². The van der Waals surface area contributed by atoms with Crippen LogP contribution < -0.4 is 0 Å². The van der Waals surface area contributed by atoms with E-state index in [0.29, 0.717) is 33.0 Å². The lowest BCUT2D eigenvalue weighted by atomic mass is 10.0. The molecule has 18 heavy (non-hydrogen) atoms. The maximum atomic E-state index is 13.3. The largest absolute Gasteiger partial charge is 0.298 e. The molecule has 0 unspecified atom stereocenters. The first-order valence-corrected chi connectivity index (χ1v) is 5.99. The van der Waals surface area contributed by atoms with Crippen LogP contribution in [0, 0.1) is 12.7 Å². The summed E-state index contributed by atoms with van der Waals surface area (Å²) in [7, 11) is 0. The van der Waals surface area contributed by atoms with Gasteiger partial charge in [-0.15, -0.1) is 0 Å². The lowest BCUT2D eigenvalue weighted by Gasteiger charge is -2.08. The molecule has 2 aromatic rings. The third-order valence-corrected chi connectivity index (χ3v) is 3.34. The van der Waals surface area contributed by atoms with Crippen molar-refractivity contribution in [1.29, 1.82) is 0 Å². The van der Waals surface area contributed by atoms with Gasteiger partial charge in [-0.3, -0.25) is 4.79 Å². The molecule has 0 radical (unpaired) electrons. The van der Waals surface area contributed by atoms with E-state index in [-0.39, 0.29) is 5.82 Å². The fourth-order valence-electron chi connectivity index (χ4n) is 1.68. The minimum absolute atomic E-state index is 0.303. The molecule has 0 bridgehead atoms. The highest BCUT2D eigenvalue weighted by molar-refractivity contribution is 6.34. The summed E-state index contributed by atoms with van der Waals surface area (Å²) < 4.78 is 13.3. The fraction of sp³-hybridized carbons (Fsp3) is 0.0714. The number of rotatable bonds is 2. The monoisotopic (exact) mass is 282 g/mol. The second-order valence-electron chi connectivity index (χ2n) is 3.94. The highest BCUT2D eigenvalue weighted by Crippen LogP contribution is 2.32. The molecule has 0 N–H and O–H groups in total. The van der Waals surface area contributed by atoms with Crippen LogP contribution in [0.4, 0.5) is 4.39 Å². The zero-order chi connectivity index (χ0) is 13.3. The average molecular weight is 283 g/mol. The Morgan fingerprint density at radius 1 is 1.11 bits per heavy atom. The Balaban J connectivity index is 2.62. The van der Waals surface area contributed by atoms with Gasteiger partial charge >= 0.3 is 0 Å². The van der Waals surface area contributed by atoms with Crippen molar-refractivity contribution in [2.24, 2.45) is 0 Å². The number of aryl methyl sites for hydroxylation is 1. The summed E-state index contributed by atoms with van der Waals surface area (Å²) in [5, 5.41) is 0.681. The second-order valence-corrected chi connectivity index (χ2v) is 4.75. The topological polar surface area (TPSA) is 17.1 Å². The van der Waals surface area contributed by atoms with Crippen molar-refractivity contribution in [1.82, 2.24) is 0 Å². The molecule has 0 fully saturated rings. The third kappa shape index (κ3) is 2.40. The van der Waals surface area contributed by atoms with Gasteiger partial charge in [-0.1, -0.05) is 29.3 Å². The van der Waals surface area contributed by atoms with Crippen LogP contribution in [0.1, 0.15) is 15.9 Å². The van der Waals surface area contributed by atoms with E-state index in [0.717, 1.165) is 5.56 Å². The van der Waals surface area contributed by atoms with Crippen molar-refractivity contribution in [2.75, 3.05) is 0 Å². The minimum atomic E-state index is -0.353. The first-order valence-electron chi connectivity index (χ1n) is 5.23. The normalized spacial score (nSPS) is 10.4. The number of carbonyl (C=O) groups is 1. The smallest absolute Gasteiger partial charge is 0.151 e. The summed E-state index contributed by atoms with van der Waals surface area (Å²) in [6.45, 7) is 1.66. The Morgan fingerprint density at radius 2 is 1.83 bits per heavy atom. The molecule has 0 heterocycles.